The topological polar surface area (TPSA) is 86.8 Å². The van der Waals surface area contributed by atoms with Gasteiger partial charge in [0.2, 0.25) is 15.9 Å². The summed E-state index contributed by atoms with van der Waals surface area (Å²) in [5.74, 6) is -0.243. The SMILES string of the molecule is CC1CCN([C@H](CNC(=O)c2cccc(N3C(=O)CCS3(=O)=O)c2)c2ccccc2)CC1. The second kappa shape index (κ2) is 9.42. The second-order valence-corrected chi connectivity index (χ2v) is 10.6. The number of sulfonamides is 1. The normalized spacial score (nSPS) is 20.3. The Labute approximate surface area is 189 Å². The number of carbonyl (C=O) groups is 2. The number of piperidine rings is 1. The fraction of sp³-hybridized carbons (Fsp3) is 0.417. The molecule has 0 aliphatic carbocycles. The van der Waals surface area contributed by atoms with Gasteiger partial charge in [0.1, 0.15) is 0 Å². The highest BCUT2D eigenvalue weighted by Gasteiger charge is 2.36. The van der Waals surface area contributed by atoms with Crippen molar-refractivity contribution in [2.24, 2.45) is 5.92 Å². The minimum atomic E-state index is -3.67. The maximum Gasteiger partial charge on any atom is 0.251 e. The van der Waals surface area contributed by atoms with Crippen LogP contribution in [0.5, 0.6) is 0 Å². The van der Waals surface area contributed by atoms with Gasteiger partial charge in [0.25, 0.3) is 5.91 Å². The van der Waals surface area contributed by atoms with Crippen molar-refractivity contribution < 1.29 is 18.0 Å². The first kappa shape index (κ1) is 22.5. The largest absolute Gasteiger partial charge is 0.350 e. The lowest BCUT2D eigenvalue weighted by Crippen LogP contribution is -2.42. The first-order valence-electron chi connectivity index (χ1n) is 11.1. The Bertz CT molecular complexity index is 1080. The summed E-state index contributed by atoms with van der Waals surface area (Å²) in [6, 6.07) is 16.5. The first-order valence-corrected chi connectivity index (χ1v) is 12.7. The Morgan fingerprint density at radius 1 is 1.09 bits per heavy atom. The van der Waals surface area contributed by atoms with Crippen LogP contribution in [0, 0.1) is 5.92 Å². The summed E-state index contributed by atoms with van der Waals surface area (Å²) in [6.45, 7) is 4.69. The molecule has 0 spiro atoms. The third kappa shape index (κ3) is 4.86. The molecule has 2 amide bonds. The molecule has 0 bridgehead atoms. The van der Waals surface area contributed by atoms with E-state index >= 15 is 0 Å². The van der Waals surface area contributed by atoms with Gasteiger partial charge in [0, 0.05) is 18.5 Å². The molecule has 2 aliphatic rings. The van der Waals surface area contributed by atoms with E-state index in [1.165, 1.54) is 6.07 Å². The lowest BCUT2D eigenvalue weighted by Gasteiger charge is -2.37. The molecule has 2 heterocycles. The summed E-state index contributed by atoms with van der Waals surface area (Å²) in [6.07, 6.45) is 2.24. The second-order valence-electron chi connectivity index (χ2n) is 8.63. The van der Waals surface area contributed by atoms with Crippen LogP contribution < -0.4 is 9.62 Å². The quantitative estimate of drug-likeness (QED) is 0.724. The molecule has 2 aromatic carbocycles. The number of likely N-dealkylation sites (tertiary alicyclic amines) is 1. The molecular weight excluding hydrogens is 426 g/mol. The molecule has 0 radical (unpaired) electrons. The molecule has 1 N–H and O–H groups in total. The van der Waals surface area contributed by atoms with E-state index < -0.39 is 15.9 Å². The maximum absolute atomic E-state index is 12.9. The van der Waals surface area contributed by atoms with Gasteiger partial charge in [-0.15, -0.1) is 0 Å². The van der Waals surface area contributed by atoms with Crippen molar-refractivity contribution in [1.29, 1.82) is 0 Å². The lowest BCUT2D eigenvalue weighted by atomic mass is 9.95. The van der Waals surface area contributed by atoms with E-state index in [2.05, 4.69) is 29.3 Å². The minimum absolute atomic E-state index is 0.0357. The molecule has 1 atom stereocenters. The summed E-state index contributed by atoms with van der Waals surface area (Å²) in [5, 5.41) is 3.02. The van der Waals surface area contributed by atoms with Gasteiger partial charge >= 0.3 is 0 Å². The van der Waals surface area contributed by atoms with E-state index in [1.807, 2.05) is 18.2 Å². The summed E-state index contributed by atoms with van der Waals surface area (Å²) < 4.78 is 25.3. The van der Waals surface area contributed by atoms with Crippen molar-refractivity contribution in [2.75, 3.05) is 29.7 Å². The average molecular weight is 456 g/mol. The number of hydrogen-bond acceptors (Lipinski definition) is 5. The third-order valence-corrected chi connectivity index (χ3v) is 8.01. The van der Waals surface area contributed by atoms with Crippen molar-refractivity contribution in [1.82, 2.24) is 10.2 Å². The number of benzene rings is 2. The van der Waals surface area contributed by atoms with Crippen LogP contribution in [0.2, 0.25) is 0 Å². The van der Waals surface area contributed by atoms with E-state index in [-0.39, 0.29) is 29.8 Å². The molecule has 2 saturated heterocycles. The number of nitrogens with zero attached hydrogens (tertiary/aromatic N) is 2. The van der Waals surface area contributed by atoms with E-state index in [4.69, 9.17) is 0 Å². The van der Waals surface area contributed by atoms with Crippen LogP contribution in [0.4, 0.5) is 5.69 Å². The van der Waals surface area contributed by atoms with Crippen LogP contribution in [0.15, 0.2) is 54.6 Å². The molecule has 2 aliphatic heterocycles. The zero-order chi connectivity index (χ0) is 22.7. The number of rotatable bonds is 6. The van der Waals surface area contributed by atoms with Gasteiger partial charge < -0.3 is 5.32 Å². The van der Waals surface area contributed by atoms with Crippen LogP contribution in [0.1, 0.15) is 48.1 Å². The monoisotopic (exact) mass is 455 g/mol. The fourth-order valence-corrected chi connectivity index (χ4v) is 5.86. The molecule has 0 unspecified atom stereocenters. The molecule has 170 valence electrons. The van der Waals surface area contributed by atoms with Crippen LogP contribution in [0.25, 0.3) is 0 Å². The summed E-state index contributed by atoms with van der Waals surface area (Å²) >= 11 is 0. The highest BCUT2D eigenvalue weighted by atomic mass is 32.2. The highest BCUT2D eigenvalue weighted by Crippen LogP contribution is 2.28. The molecule has 8 heteroatoms. The Morgan fingerprint density at radius 3 is 2.47 bits per heavy atom. The van der Waals surface area contributed by atoms with E-state index in [9.17, 15) is 18.0 Å². The predicted molar refractivity (Wildman–Crippen MR) is 124 cm³/mol. The van der Waals surface area contributed by atoms with E-state index in [0.717, 1.165) is 35.8 Å². The Hall–Kier alpha value is -2.71. The van der Waals surface area contributed by atoms with Gasteiger partial charge in [-0.2, -0.15) is 0 Å². The number of nitrogens with one attached hydrogen (secondary N) is 1. The standard InChI is InChI=1S/C24H29N3O4S/c1-18-10-13-26(14-11-18)22(19-6-3-2-4-7-19)17-25-24(29)20-8-5-9-21(16-20)27-23(28)12-15-32(27,30)31/h2-9,16,18,22H,10-15,17H2,1H3,(H,25,29)/t22-/m1/s1. The smallest absolute Gasteiger partial charge is 0.251 e. The van der Waals surface area contributed by atoms with Crippen molar-refractivity contribution >= 4 is 27.5 Å². The average Bonchev–Trinajstić information content (AvgIpc) is 3.07. The minimum Gasteiger partial charge on any atom is -0.350 e. The molecule has 4 rings (SSSR count). The first-order chi connectivity index (χ1) is 15.3. The molecule has 0 saturated carbocycles. The van der Waals surface area contributed by atoms with Crippen LogP contribution in [-0.4, -0.2) is 50.5 Å². The van der Waals surface area contributed by atoms with Gasteiger partial charge in [0.15, 0.2) is 0 Å². The van der Waals surface area contributed by atoms with E-state index in [1.54, 1.807) is 18.2 Å². The highest BCUT2D eigenvalue weighted by molar-refractivity contribution is 7.94. The van der Waals surface area contributed by atoms with Crippen molar-refractivity contribution in [3.05, 3.63) is 65.7 Å². The fourth-order valence-electron chi connectivity index (χ4n) is 4.41. The van der Waals surface area contributed by atoms with Gasteiger partial charge in [-0.05, 0) is 55.6 Å². The number of hydrogen-bond donors (Lipinski definition) is 1. The molecule has 2 fully saturated rings. The maximum atomic E-state index is 12.9. The van der Waals surface area contributed by atoms with Gasteiger partial charge in [-0.1, -0.05) is 43.3 Å². The predicted octanol–water partition coefficient (Wildman–Crippen LogP) is 2.96. The van der Waals surface area contributed by atoms with Crippen molar-refractivity contribution in [2.45, 2.75) is 32.2 Å². The Morgan fingerprint density at radius 2 is 1.81 bits per heavy atom. The van der Waals surface area contributed by atoms with Gasteiger partial charge in [0.05, 0.1) is 17.5 Å². The summed E-state index contributed by atoms with van der Waals surface area (Å²) in [7, 11) is -3.67. The molecule has 7 nitrogen and oxygen atoms in total. The summed E-state index contributed by atoms with van der Waals surface area (Å²) in [4.78, 5) is 27.4. The van der Waals surface area contributed by atoms with Crippen LogP contribution in [0.3, 0.4) is 0 Å². The number of amides is 2. The Kier molecular flexibility index (Phi) is 6.62. The van der Waals surface area contributed by atoms with Crippen LogP contribution in [-0.2, 0) is 14.8 Å². The zero-order valence-electron chi connectivity index (χ0n) is 18.2. The lowest BCUT2D eigenvalue weighted by molar-refractivity contribution is -0.116. The van der Waals surface area contributed by atoms with E-state index in [0.29, 0.717) is 18.0 Å². The number of carbonyl (C=O) groups excluding carboxylic acids is 2. The van der Waals surface area contributed by atoms with Crippen LogP contribution >= 0.6 is 0 Å². The van der Waals surface area contributed by atoms with Gasteiger partial charge in [-0.3, -0.25) is 14.5 Å². The summed E-state index contributed by atoms with van der Waals surface area (Å²) in [5.41, 5.74) is 1.70. The van der Waals surface area contributed by atoms with Crippen molar-refractivity contribution in [3.8, 4) is 0 Å². The number of anilines is 1. The zero-order valence-corrected chi connectivity index (χ0v) is 19.1. The molecule has 0 aromatic heterocycles. The molecule has 2 aromatic rings. The van der Waals surface area contributed by atoms with Gasteiger partial charge in [-0.25, -0.2) is 12.7 Å². The molecular formula is C24H29N3O4S. The molecule has 32 heavy (non-hydrogen) atoms. The van der Waals surface area contributed by atoms with Crippen molar-refractivity contribution in [3.63, 3.8) is 0 Å². The third-order valence-electron chi connectivity index (χ3n) is 6.32. The Balaban J connectivity index is 1.49.